The zero-order chi connectivity index (χ0) is 63.3. The van der Waals surface area contributed by atoms with Crippen molar-refractivity contribution in [1.29, 1.82) is 0 Å². The molecule has 0 aromatic rings. The van der Waals surface area contributed by atoms with E-state index in [0.29, 0.717) is 12.8 Å². The predicted octanol–water partition coefficient (Wildman–Crippen LogP) is 26.0. The highest BCUT2D eigenvalue weighted by Crippen LogP contribution is 2.17. The lowest BCUT2D eigenvalue weighted by Gasteiger charge is -2.15. The van der Waals surface area contributed by atoms with Crippen LogP contribution >= 0.6 is 0 Å². The maximum atomic E-state index is 12.4. The van der Waals surface area contributed by atoms with Crippen LogP contribution in [0.5, 0.6) is 0 Å². The largest absolute Gasteiger partial charge is 0.462 e. The van der Waals surface area contributed by atoms with E-state index in [1.54, 1.807) is 0 Å². The minimum atomic E-state index is -0.783. The molecule has 5 nitrogen and oxygen atoms in total. The van der Waals surface area contributed by atoms with Crippen LogP contribution in [0.2, 0.25) is 0 Å². The Morgan fingerprint density at radius 1 is 0.261 bits per heavy atom. The number of allylic oxidation sites excluding steroid dienone is 28. The zero-order valence-electron chi connectivity index (χ0n) is 57.2. The first-order valence-electron chi connectivity index (χ1n) is 36.7. The molecule has 0 aliphatic rings. The Kier molecular flexibility index (Phi) is 72.4. The number of esters is 2. The standard InChI is InChI=1S/C83H136O5/c1-3-5-7-9-11-13-15-17-19-21-23-25-27-29-31-33-35-37-39-41-43-45-47-49-51-53-55-57-59-61-63-65-67-69-71-73-75-77-82(85)87-80-81(79-84)88-83(86)78-76-74-72-70-68-66-64-62-60-58-56-54-52-50-48-46-44-42-40-38-36-34-32-30-28-26-24-22-20-18-16-14-12-10-8-6-4-2/h5-8,11-14,17-20,23-26,29-32,35-38,41-44,81,84H,3-4,9-10,15-16,21-22,27-28,33-34,39-40,45-80H2,1-2H3/b7-5-,8-6-,13-11-,14-12-,19-17-,20-18-,25-23-,26-24-,31-29-,32-30-,37-35-,38-36-,43-41-,44-42-. The minimum Gasteiger partial charge on any atom is -0.462 e. The first-order valence-corrected chi connectivity index (χ1v) is 36.7. The van der Waals surface area contributed by atoms with Crippen molar-refractivity contribution >= 4 is 11.9 Å². The number of hydrogen-bond acceptors (Lipinski definition) is 5. The maximum absolute atomic E-state index is 12.4. The fourth-order valence-corrected chi connectivity index (χ4v) is 10.1. The first kappa shape index (κ1) is 83.3. The molecule has 1 atom stereocenters. The smallest absolute Gasteiger partial charge is 0.306 e. The van der Waals surface area contributed by atoms with Crippen LogP contribution in [-0.2, 0) is 19.1 Å². The molecule has 5 heteroatoms. The fraction of sp³-hybridized carbons (Fsp3) is 0.639. The predicted molar refractivity (Wildman–Crippen MR) is 389 cm³/mol. The summed E-state index contributed by atoms with van der Waals surface area (Å²) in [5, 5.41) is 9.72. The van der Waals surface area contributed by atoms with Gasteiger partial charge in [0.1, 0.15) is 6.61 Å². The van der Waals surface area contributed by atoms with Crippen LogP contribution in [0.1, 0.15) is 322 Å². The molecule has 1 unspecified atom stereocenters. The van der Waals surface area contributed by atoms with Crippen molar-refractivity contribution in [2.24, 2.45) is 0 Å². The highest BCUT2D eigenvalue weighted by atomic mass is 16.6. The fourth-order valence-electron chi connectivity index (χ4n) is 10.1. The van der Waals surface area contributed by atoms with Gasteiger partial charge >= 0.3 is 11.9 Å². The normalized spacial score (nSPS) is 13.3. The van der Waals surface area contributed by atoms with Gasteiger partial charge in [-0.1, -0.05) is 351 Å². The second kappa shape index (κ2) is 76.5. The van der Waals surface area contributed by atoms with Crippen LogP contribution in [0.3, 0.4) is 0 Å². The zero-order valence-corrected chi connectivity index (χ0v) is 57.2. The van der Waals surface area contributed by atoms with Gasteiger partial charge in [0, 0.05) is 12.8 Å². The number of carbonyl (C=O) groups excluding carboxylic acids is 2. The lowest BCUT2D eigenvalue weighted by Crippen LogP contribution is -2.28. The van der Waals surface area contributed by atoms with Crippen molar-refractivity contribution in [3.8, 4) is 0 Å². The molecule has 0 aliphatic heterocycles. The van der Waals surface area contributed by atoms with Crippen molar-refractivity contribution < 1.29 is 24.2 Å². The van der Waals surface area contributed by atoms with Gasteiger partial charge < -0.3 is 14.6 Å². The van der Waals surface area contributed by atoms with Gasteiger partial charge in [-0.3, -0.25) is 9.59 Å². The third-order valence-electron chi connectivity index (χ3n) is 15.5. The van der Waals surface area contributed by atoms with Crippen molar-refractivity contribution in [3.63, 3.8) is 0 Å². The average molecular weight is 1210 g/mol. The molecule has 0 spiro atoms. The summed E-state index contributed by atoms with van der Waals surface area (Å²) in [5.41, 5.74) is 0. The molecule has 0 rings (SSSR count). The highest BCUT2D eigenvalue weighted by molar-refractivity contribution is 5.70. The third kappa shape index (κ3) is 73.7. The SMILES string of the molecule is CC/C=C\C/C=C\C/C=C\C/C=C\C/C=C\C/C=C\C/C=C\CCCCCCCCCCCCCCCCCC(=O)OCC(CO)OC(=O)CCCCCCCCCCCCCCCCC/C=C\C/C=C\C/C=C\C/C=C\C/C=C\C/C=C\C/C=C\CC. The minimum absolute atomic E-state index is 0.0715. The molecule has 1 N–H and O–H groups in total. The Hall–Kier alpha value is -4.74. The number of rotatable bonds is 66. The summed E-state index contributed by atoms with van der Waals surface area (Å²) in [4.78, 5) is 24.7. The molecule has 0 amide bonds. The average Bonchev–Trinajstić information content (AvgIpc) is 3.55. The van der Waals surface area contributed by atoms with Crippen LogP contribution in [0, 0.1) is 0 Å². The molecule has 498 valence electrons. The quantitative estimate of drug-likeness (QED) is 0.0373. The first-order chi connectivity index (χ1) is 43.6. The van der Waals surface area contributed by atoms with E-state index in [9.17, 15) is 14.7 Å². The van der Waals surface area contributed by atoms with Gasteiger partial charge in [0.25, 0.3) is 0 Å². The van der Waals surface area contributed by atoms with E-state index in [1.165, 1.54) is 167 Å². The molecule has 0 radical (unpaired) electrons. The maximum Gasteiger partial charge on any atom is 0.306 e. The topological polar surface area (TPSA) is 72.8 Å². The van der Waals surface area contributed by atoms with Crippen molar-refractivity contribution in [2.75, 3.05) is 13.2 Å². The van der Waals surface area contributed by atoms with E-state index in [1.807, 2.05) is 0 Å². The summed E-state index contributed by atoms with van der Waals surface area (Å²) in [5.74, 6) is -0.588. The lowest BCUT2D eigenvalue weighted by molar-refractivity contribution is -0.161. The number of carbonyl (C=O) groups is 2. The van der Waals surface area contributed by atoms with Gasteiger partial charge in [-0.25, -0.2) is 0 Å². The summed E-state index contributed by atoms with van der Waals surface area (Å²) in [6.45, 7) is 3.93. The molecular weight excluding hydrogens is 1080 g/mol. The Morgan fingerprint density at radius 2 is 0.455 bits per heavy atom. The van der Waals surface area contributed by atoms with Crippen molar-refractivity contribution in [2.45, 2.75) is 328 Å². The summed E-state index contributed by atoms with van der Waals surface area (Å²) in [6, 6.07) is 0. The second-order valence-corrected chi connectivity index (χ2v) is 23.9. The number of hydrogen-bond donors (Lipinski definition) is 1. The molecule has 0 saturated carbocycles. The molecule has 0 aromatic heterocycles. The number of ether oxygens (including phenoxy) is 2. The Bertz CT molecular complexity index is 1910. The summed E-state index contributed by atoms with van der Waals surface area (Å²) in [7, 11) is 0. The van der Waals surface area contributed by atoms with Gasteiger partial charge in [0.2, 0.25) is 0 Å². The van der Waals surface area contributed by atoms with Crippen molar-refractivity contribution in [1.82, 2.24) is 0 Å². The highest BCUT2D eigenvalue weighted by Gasteiger charge is 2.16. The van der Waals surface area contributed by atoms with E-state index < -0.39 is 6.10 Å². The third-order valence-corrected chi connectivity index (χ3v) is 15.5. The molecular formula is C83H136O5. The van der Waals surface area contributed by atoms with Gasteiger partial charge in [-0.15, -0.1) is 0 Å². The second-order valence-electron chi connectivity index (χ2n) is 23.9. The molecule has 88 heavy (non-hydrogen) atoms. The van der Waals surface area contributed by atoms with Gasteiger partial charge in [0.15, 0.2) is 6.10 Å². The van der Waals surface area contributed by atoms with Crippen LogP contribution in [0.15, 0.2) is 170 Å². The van der Waals surface area contributed by atoms with E-state index >= 15 is 0 Å². The van der Waals surface area contributed by atoms with Gasteiger partial charge in [-0.2, -0.15) is 0 Å². The molecule has 0 heterocycles. The Labute approximate surface area is 544 Å². The monoisotopic (exact) mass is 1210 g/mol. The van der Waals surface area contributed by atoms with E-state index in [2.05, 4.69) is 184 Å². The van der Waals surface area contributed by atoms with Crippen LogP contribution < -0.4 is 0 Å². The van der Waals surface area contributed by atoms with E-state index in [-0.39, 0.29) is 25.2 Å². The summed E-state index contributed by atoms with van der Waals surface area (Å²) >= 11 is 0. The Morgan fingerprint density at radius 3 is 0.682 bits per heavy atom. The Balaban J connectivity index is 3.50. The number of aliphatic hydroxyl groups is 1. The molecule has 0 saturated heterocycles. The lowest BCUT2D eigenvalue weighted by atomic mass is 10.0. The van der Waals surface area contributed by atoms with Gasteiger partial charge in [-0.05, 0) is 128 Å². The van der Waals surface area contributed by atoms with Gasteiger partial charge in [0.05, 0.1) is 6.61 Å². The van der Waals surface area contributed by atoms with Crippen molar-refractivity contribution in [3.05, 3.63) is 170 Å². The number of aliphatic hydroxyl groups excluding tert-OH is 1. The number of unbranched alkanes of at least 4 members (excludes halogenated alkanes) is 30. The van der Waals surface area contributed by atoms with Crippen LogP contribution in [0.4, 0.5) is 0 Å². The molecule has 0 aromatic carbocycles. The van der Waals surface area contributed by atoms with E-state index in [0.717, 1.165) is 128 Å². The van der Waals surface area contributed by atoms with Crippen LogP contribution in [0.25, 0.3) is 0 Å². The molecule has 0 aliphatic carbocycles. The van der Waals surface area contributed by atoms with E-state index in [4.69, 9.17) is 9.47 Å². The summed E-state index contributed by atoms with van der Waals surface area (Å²) in [6.07, 6.45) is 118. The summed E-state index contributed by atoms with van der Waals surface area (Å²) < 4.78 is 10.8. The molecule has 0 fully saturated rings. The molecule has 0 bridgehead atoms. The van der Waals surface area contributed by atoms with Crippen LogP contribution in [-0.4, -0.2) is 36.4 Å².